The average Bonchev–Trinajstić information content (AvgIpc) is 1.60. The third kappa shape index (κ3) is 4.72. The molecule has 5 heteroatoms. The molecule has 0 aliphatic carbocycles. The van der Waals surface area contributed by atoms with Crippen LogP contribution in [-0.4, -0.2) is 26.1 Å². The quantitative estimate of drug-likeness (QED) is 0.473. The second kappa shape index (κ2) is 3.32. The van der Waals surface area contributed by atoms with Crippen molar-refractivity contribution >= 4 is 10.1 Å². The van der Waals surface area contributed by atoms with Crippen LogP contribution < -0.4 is 0 Å². The fraction of sp³-hybridized carbons (Fsp3) is 1.00. The van der Waals surface area contributed by atoms with E-state index >= 15 is 0 Å². The van der Waals surface area contributed by atoms with Gasteiger partial charge in [0.15, 0.2) is 6.29 Å². The van der Waals surface area contributed by atoms with Crippen LogP contribution >= 0.6 is 0 Å². The van der Waals surface area contributed by atoms with Crippen molar-refractivity contribution in [1.29, 1.82) is 0 Å². The molecule has 0 heterocycles. The lowest BCUT2D eigenvalue weighted by molar-refractivity contribution is -0.0460. The molecule has 62 valence electrons. The Kier molecular flexibility index (Phi) is 3.27. The van der Waals surface area contributed by atoms with Crippen molar-refractivity contribution in [2.45, 2.75) is 20.1 Å². The van der Waals surface area contributed by atoms with Crippen LogP contribution in [0, 0.1) is 5.92 Å². The monoisotopic (exact) mass is 168 g/mol. The second-order valence-corrected chi connectivity index (χ2v) is 4.04. The molecule has 0 fully saturated rings. The highest BCUT2D eigenvalue weighted by molar-refractivity contribution is 7.86. The summed E-state index contributed by atoms with van der Waals surface area (Å²) < 4.78 is 25.0. The number of hydrogen-bond donors (Lipinski definition) is 1. The lowest BCUT2D eigenvalue weighted by Gasteiger charge is -2.12. The van der Waals surface area contributed by atoms with E-state index in [0.717, 1.165) is 6.26 Å². The van der Waals surface area contributed by atoms with Gasteiger partial charge in [0, 0.05) is 5.92 Å². The second-order valence-electron chi connectivity index (χ2n) is 2.43. The van der Waals surface area contributed by atoms with Gasteiger partial charge in [-0.2, -0.15) is 8.42 Å². The lowest BCUT2D eigenvalue weighted by Crippen LogP contribution is -2.22. The van der Waals surface area contributed by atoms with Gasteiger partial charge in [-0.15, -0.1) is 0 Å². The maximum atomic E-state index is 10.4. The molecular weight excluding hydrogens is 156 g/mol. The van der Waals surface area contributed by atoms with Gasteiger partial charge in [0.05, 0.1) is 6.26 Å². The normalized spacial score (nSPS) is 15.7. The molecule has 0 spiro atoms. The molecule has 4 nitrogen and oxygen atoms in total. The minimum atomic E-state index is -3.52. The maximum absolute atomic E-state index is 10.4. The minimum Gasteiger partial charge on any atom is -0.367 e. The van der Waals surface area contributed by atoms with Crippen LogP contribution in [0.15, 0.2) is 0 Å². The van der Waals surface area contributed by atoms with Gasteiger partial charge in [-0.3, -0.25) is 0 Å². The molecule has 0 aromatic heterocycles. The largest absolute Gasteiger partial charge is 0.367 e. The lowest BCUT2D eigenvalue weighted by atomic mass is 10.2. The molecule has 0 aromatic carbocycles. The fourth-order valence-electron chi connectivity index (χ4n) is 0.290. The number of rotatable bonds is 3. The Balaban J connectivity index is 3.93. The van der Waals surface area contributed by atoms with Crippen molar-refractivity contribution in [3.05, 3.63) is 0 Å². The van der Waals surface area contributed by atoms with Crippen LogP contribution in [0.5, 0.6) is 0 Å². The smallest absolute Gasteiger partial charge is 0.266 e. The number of aliphatic hydroxyl groups is 1. The van der Waals surface area contributed by atoms with E-state index in [1.165, 1.54) is 0 Å². The van der Waals surface area contributed by atoms with Gasteiger partial charge in [-0.05, 0) is 0 Å². The standard InChI is InChI=1S/C5H12O4S/c1-4(2)5(6)9-10(3,7)8/h4-6H,1-3H3. The van der Waals surface area contributed by atoms with E-state index in [0.29, 0.717) is 0 Å². The molecule has 10 heavy (non-hydrogen) atoms. The first-order chi connectivity index (χ1) is 4.33. The van der Waals surface area contributed by atoms with E-state index < -0.39 is 16.4 Å². The van der Waals surface area contributed by atoms with Gasteiger partial charge in [-0.1, -0.05) is 13.8 Å². The van der Waals surface area contributed by atoms with Crippen molar-refractivity contribution in [3.63, 3.8) is 0 Å². The van der Waals surface area contributed by atoms with Crippen LogP contribution in [0.4, 0.5) is 0 Å². The molecule has 0 radical (unpaired) electrons. The summed E-state index contributed by atoms with van der Waals surface area (Å²) >= 11 is 0. The minimum absolute atomic E-state index is 0.213. The highest BCUT2D eigenvalue weighted by Crippen LogP contribution is 2.04. The first-order valence-corrected chi connectivity index (χ1v) is 4.71. The van der Waals surface area contributed by atoms with Gasteiger partial charge < -0.3 is 5.11 Å². The Morgan fingerprint density at radius 2 is 1.80 bits per heavy atom. The van der Waals surface area contributed by atoms with E-state index in [1.807, 2.05) is 0 Å². The van der Waals surface area contributed by atoms with Gasteiger partial charge in [0.1, 0.15) is 0 Å². The Hall–Kier alpha value is -0.130. The van der Waals surface area contributed by atoms with E-state index in [9.17, 15) is 8.42 Å². The Morgan fingerprint density at radius 3 is 1.90 bits per heavy atom. The van der Waals surface area contributed by atoms with Crippen molar-refractivity contribution in [1.82, 2.24) is 0 Å². The topological polar surface area (TPSA) is 63.6 Å². The highest BCUT2D eigenvalue weighted by atomic mass is 32.2. The molecule has 0 saturated carbocycles. The van der Waals surface area contributed by atoms with Crippen LogP contribution in [0.2, 0.25) is 0 Å². The van der Waals surface area contributed by atoms with Crippen LogP contribution in [-0.2, 0) is 14.3 Å². The molecule has 0 aliphatic rings. The average molecular weight is 168 g/mol. The highest BCUT2D eigenvalue weighted by Gasteiger charge is 2.14. The van der Waals surface area contributed by atoms with Crippen LogP contribution in [0.1, 0.15) is 13.8 Å². The summed E-state index contributed by atoms with van der Waals surface area (Å²) in [4.78, 5) is 0. The summed E-state index contributed by atoms with van der Waals surface area (Å²) in [6.45, 7) is 3.33. The van der Waals surface area contributed by atoms with Gasteiger partial charge in [0.25, 0.3) is 10.1 Å². The first kappa shape index (κ1) is 9.87. The zero-order valence-corrected chi connectivity index (χ0v) is 7.05. The van der Waals surface area contributed by atoms with Gasteiger partial charge >= 0.3 is 0 Å². The fourth-order valence-corrected chi connectivity index (χ4v) is 0.871. The Morgan fingerprint density at radius 1 is 1.40 bits per heavy atom. The molecule has 1 unspecified atom stereocenters. The molecule has 0 aliphatic heterocycles. The SMILES string of the molecule is CC(C)C(O)OS(C)(=O)=O. The molecule has 0 saturated heterocycles. The Labute approximate surface area is 60.9 Å². The predicted molar refractivity (Wildman–Crippen MR) is 36.8 cm³/mol. The summed E-state index contributed by atoms with van der Waals surface area (Å²) in [5.74, 6) is -0.213. The van der Waals surface area contributed by atoms with Crippen molar-refractivity contribution in [2.75, 3.05) is 6.26 Å². The Bertz CT molecular complexity index is 182. The predicted octanol–water partition coefficient (Wildman–Crippen LogP) is -0.0630. The van der Waals surface area contributed by atoms with Crippen molar-refractivity contribution < 1.29 is 17.7 Å². The number of hydrogen-bond acceptors (Lipinski definition) is 4. The number of aliphatic hydroxyl groups excluding tert-OH is 1. The summed E-state index contributed by atoms with van der Waals surface area (Å²) in [6.07, 6.45) is -0.325. The summed E-state index contributed by atoms with van der Waals surface area (Å²) in [5, 5.41) is 8.86. The summed E-state index contributed by atoms with van der Waals surface area (Å²) in [7, 11) is -3.52. The van der Waals surface area contributed by atoms with Gasteiger partial charge in [0.2, 0.25) is 0 Å². The molecular formula is C5H12O4S. The zero-order chi connectivity index (χ0) is 8.36. The first-order valence-electron chi connectivity index (χ1n) is 2.89. The molecule has 0 rings (SSSR count). The van der Waals surface area contributed by atoms with Crippen molar-refractivity contribution in [2.24, 2.45) is 5.92 Å². The molecule has 0 aromatic rings. The zero-order valence-electron chi connectivity index (χ0n) is 6.23. The van der Waals surface area contributed by atoms with E-state index in [-0.39, 0.29) is 5.92 Å². The van der Waals surface area contributed by atoms with E-state index in [1.54, 1.807) is 13.8 Å². The third-order valence-electron chi connectivity index (χ3n) is 0.844. The summed E-state index contributed by atoms with van der Waals surface area (Å²) in [6, 6.07) is 0. The van der Waals surface area contributed by atoms with Crippen LogP contribution in [0.3, 0.4) is 0 Å². The van der Waals surface area contributed by atoms with Gasteiger partial charge in [-0.25, -0.2) is 4.18 Å². The molecule has 1 N–H and O–H groups in total. The van der Waals surface area contributed by atoms with Crippen molar-refractivity contribution in [3.8, 4) is 0 Å². The van der Waals surface area contributed by atoms with E-state index in [2.05, 4.69) is 4.18 Å². The molecule has 0 amide bonds. The van der Waals surface area contributed by atoms with Crippen LogP contribution in [0.25, 0.3) is 0 Å². The van der Waals surface area contributed by atoms with E-state index in [4.69, 9.17) is 5.11 Å². The molecule has 1 atom stereocenters. The molecule has 0 bridgehead atoms. The maximum Gasteiger partial charge on any atom is 0.266 e. The third-order valence-corrected chi connectivity index (χ3v) is 1.39. The summed E-state index contributed by atoms with van der Waals surface area (Å²) in [5.41, 5.74) is 0.